The number of benzene rings is 3. The van der Waals surface area contributed by atoms with E-state index in [1.54, 1.807) is 30.5 Å². The van der Waals surface area contributed by atoms with E-state index in [-0.39, 0.29) is 21.9 Å². The second-order valence-corrected chi connectivity index (χ2v) is 12.8. The van der Waals surface area contributed by atoms with Gasteiger partial charge in [0.05, 0.1) is 16.0 Å². The minimum absolute atomic E-state index is 0.0562. The van der Waals surface area contributed by atoms with Gasteiger partial charge in [0, 0.05) is 44.1 Å². The quantitative estimate of drug-likeness (QED) is 0.201. The summed E-state index contributed by atoms with van der Waals surface area (Å²) in [5.74, 6) is 0. The maximum atomic E-state index is 12.7. The van der Waals surface area contributed by atoms with Crippen LogP contribution >= 0.6 is 0 Å². The van der Waals surface area contributed by atoms with Gasteiger partial charge in [-0.25, -0.2) is 31.9 Å². The van der Waals surface area contributed by atoms with Crippen molar-refractivity contribution in [3.63, 3.8) is 0 Å². The molecule has 0 aromatic heterocycles. The van der Waals surface area contributed by atoms with Crippen LogP contribution in [0.15, 0.2) is 94.3 Å². The summed E-state index contributed by atoms with van der Waals surface area (Å²) in [7, 11) is -7.99. The van der Waals surface area contributed by atoms with Crippen molar-refractivity contribution in [2.45, 2.75) is 16.2 Å². The molecule has 0 unspecified atom stereocenters. The predicted molar refractivity (Wildman–Crippen MR) is 163 cm³/mol. The molecule has 42 heavy (non-hydrogen) atoms. The number of hydrazone groups is 1. The first-order valence-electron chi connectivity index (χ1n) is 13.0. The number of carbonyl (C=O) groups excluding carboxylic acids is 1. The van der Waals surface area contributed by atoms with E-state index in [1.165, 1.54) is 36.4 Å². The number of sulfonamides is 2. The summed E-state index contributed by atoms with van der Waals surface area (Å²) in [6.07, 6.45) is 3.79. The summed E-state index contributed by atoms with van der Waals surface area (Å²) >= 11 is 0. The van der Waals surface area contributed by atoms with Gasteiger partial charge in [-0.05, 0) is 59.5 Å². The zero-order valence-corrected chi connectivity index (χ0v) is 24.4. The Bertz CT molecular complexity index is 1680. The number of piperazine rings is 1. The van der Waals surface area contributed by atoms with Crippen LogP contribution < -0.4 is 20.9 Å². The molecule has 0 atom stereocenters. The summed E-state index contributed by atoms with van der Waals surface area (Å²) in [6, 6.07) is 16.7. The van der Waals surface area contributed by atoms with E-state index in [4.69, 9.17) is 10.3 Å². The second-order valence-electron chi connectivity index (χ2n) is 9.73. The molecule has 12 nitrogen and oxygen atoms in total. The molecule has 1 aliphatic heterocycles. The van der Waals surface area contributed by atoms with Crippen LogP contribution in [0.5, 0.6) is 0 Å². The second kappa shape index (κ2) is 13.3. The van der Waals surface area contributed by atoms with Gasteiger partial charge in [0.25, 0.3) is 0 Å². The molecule has 0 bridgehead atoms. The van der Waals surface area contributed by atoms with Gasteiger partial charge in [-0.2, -0.15) is 5.10 Å². The standard InChI is InChI=1S/C28H33N7O5S2/c1-2-12-34-13-15-35(16-14-34)31-20-22-4-3-5-24(18-22)32-28(36)33-25-9-8-23(27(19-25)42(30,39)40)17-21-6-10-26(11-7-21)41(29,37)38/h2-11,18-20H,1,12-17H2,(H2,29,37,38)(H2,30,39,40)(H2,32,33,36)/b31-20+. The van der Waals surface area contributed by atoms with E-state index in [2.05, 4.69) is 27.2 Å². The molecular formula is C28H33N7O5S2. The van der Waals surface area contributed by atoms with Crippen molar-refractivity contribution >= 4 is 43.7 Å². The predicted octanol–water partition coefficient (Wildman–Crippen LogP) is 2.35. The Morgan fingerprint density at radius 1 is 0.881 bits per heavy atom. The Kier molecular flexibility index (Phi) is 9.75. The number of carbonyl (C=O) groups is 1. The third-order valence-electron chi connectivity index (χ3n) is 6.53. The van der Waals surface area contributed by atoms with Gasteiger partial charge >= 0.3 is 6.03 Å². The highest BCUT2D eigenvalue weighted by atomic mass is 32.2. The van der Waals surface area contributed by atoms with Crippen molar-refractivity contribution in [3.8, 4) is 0 Å². The van der Waals surface area contributed by atoms with E-state index in [0.717, 1.165) is 38.3 Å². The van der Waals surface area contributed by atoms with Gasteiger partial charge in [-0.1, -0.05) is 36.4 Å². The van der Waals surface area contributed by atoms with Gasteiger partial charge in [0.15, 0.2) is 0 Å². The number of primary sulfonamides is 2. The normalized spacial score (nSPS) is 14.6. The van der Waals surface area contributed by atoms with Crippen molar-refractivity contribution in [1.82, 2.24) is 9.91 Å². The number of nitrogens with zero attached hydrogens (tertiary/aromatic N) is 3. The van der Waals surface area contributed by atoms with Crippen LogP contribution in [0.1, 0.15) is 16.7 Å². The maximum Gasteiger partial charge on any atom is 0.323 e. The van der Waals surface area contributed by atoms with Gasteiger partial charge in [-0.3, -0.25) is 9.91 Å². The van der Waals surface area contributed by atoms with Crippen LogP contribution in [0, 0.1) is 0 Å². The van der Waals surface area contributed by atoms with Crippen molar-refractivity contribution in [2.75, 3.05) is 43.4 Å². The van der Waals surface area contributed by atoms with Crippen molar-refractivity contribution in [1.29, 1.82) is 0 Å². The highest BCUT2D eigenvalue weighted by Crippen LogP contribution is 2.23. The van der Waals surface area contributed by atoms with E-state index in [1.807, 2.05) is 17.2 Å². The Morgan fingerprint density at radius 2 is 1.55 bits per heavy atom. The molecule has 1 aliphatic rings. The molecule has 0 saturated carbocycles. The monoisotopic (exact) mass is 611 g/mol. The largest absolute Gasteiger partial charge is 0.323 e. The summed E-state index contributed by atoms with van der Waals surface area (Å²) in [6.45, 7) is 8.09. The first-order valence-corrected chi connectivity index (χ1v) is 16.1. The summed E-state index contributed by atoms with van der Waals surface area (Å²) in [5.41, 5.74) is 2.57. The van der Waals surface area contributed by atoms with Crippen molar-refractivity contribution < 1.29 is 21.6 Å². The average molecular weight is 612 g/mol. The molecule has 1 heterocycles. The fraction of sp³-hybridized carbons (Fsp3) is 0.214. The SMILES string of the molecule is C=CCN1CCN(/N=C/c2cccc(NC(=O)Nc3ccc(Cc4ccc(S(N)(=O)=O)cc4)c(S(N)(=O)=O)c3)c2)CC1. The third kappa shape index (κ3) is 8.71. The lowest BCUT2D eigenvalue weighted by Crippen LogP contribution is -2.43. The molecule has 2 amide bonds. The van der Waals surface area contributed by atoms with Gasteiger partial charge in [0.2, 0.25) is 20.0 Å². The van der Waals surface area contributed by atoms with E-state index in [0.29, 0.717) is 16.8 Å². The highest BCUT2D eigenvalue weighted by Gasteiger charge is 2.17. The zero-order chi connectivity index (χ0) is 30.3. The maximum absolute atomic E-state index is 12.7. The van der Waals surface area contributed by atoms with E-state index < -0.39 is 26.1 Å². The minimum atomic E-state index is -4.14. The van der Waals surface area contributed by atoms with Crippen LogP contribution in [0.3, 0.4) is 0 Å². The average Bonchev–Trinajstić information content (AvgIpc) is 2.93. The minimum Gasteiger partial charge on any atom is -0.308 e. The number of nitrogens with one attached hydrogen (secondary N) is 2. The fourth-order valence-electron chi connectivity index (χ4n) is 4.42. The zero-order valence-electron chi connectivity index (χ0n) is 22.8. The first kappa shape index (κ1) is 30.9. The molecule has 0 aliphatic carbocycles. The Labute approximate surface area is 245 Å². The molecular weight excluding hydrogens is 578 g/mol. The molecule has 4 rings (SSSR count). The molecule has 222 valence electrons. The van der Waals surface area contributed by atoms with Gasteiger partial charge in [0.1, 0.15) is 0 Å². The number of rotatable bonds is 10. The molecule has 0 spiro atoms. The number of amides is 2. The Balaban J connectivity index is 1.40. The Morgan fingerprint density at radius 3 is 2.17 bits per heavy atom. The van der Waals surface area contributed by atoms with Crippen molar-refractivity contribution in [2.24, 2.45) is 15.4 Å². The third-order valence-corrected chi connectivity index (χ3v) is 8.45. The summed E-state index contributed by atoms with van der Waals surface area (Å²) in [4.78, 5) is 14.8. The van der Waals surface area contributed by atoms with Crippen LogP contribution in [0.4, 0.5) is 16.2 Å². The number of hydrogen-bond acceptors (Lipinski definition) is 8. The highest BCUT2D eigenvalue weighted by molar-refractivity contribution is 7.89. The fourth-order valence-corrected chi connectivity index (χ4v) is 5.73. The van der Waals surface area contributed by atoms with Crippen molar-refractivity contribution in [3.05, 3.63) is 96.1 Å². The molecule has 1 saturated heterocycles. The topological polar surface area (TPSA) is 180 Å². The van der Waals surface area contributed by atoms with E-state index in [9.17, 15) is 21.6 Å². The first-order chi connectivity index (χ1) is 19.9. The molecule has 3 aromatic rings. The lowest BCUT2D eigenvalue weighted by atomic mass is 10.0. The molecule has 14 heteroatoms. The summed E-state index contributed by atoms with van der Waals surface area (Å²) in [5, 5.41) is 22.5. The molecule has 3 aromatic carbocycles. The van der Waals surface area contributed by atoms with Gasteiger partial charge < -0.3 is 10.6 Å². The lowest BCUT2D eigenvalue weighted by molar-refractivity contribution is 0.147. The smallest absolute Gasteiger partial charge is 0.308 e. The molecule has 1 fully saturated rings. The van der Waals surface area contributed by atoms with Crippen LogP contribution in [-0.4, -0.2) is 71.7 Å². The van der Waals surface area contributed by atoms with Crippen LogP contribution in [-0.2, 0) is 26.5 Å². The number of anilines is 2. The van der Waals surface area contributed by atoms with Crippen LogP contribution in [0.25, 0.3) is 0 Å². The number of hydrogen-bond donors (Lipinski definition) is 4. The molecule has 0 radical (unpaired) electrons. The molecule has 6 N–H and O–H groups in total. The number of nitrogens with two attached hydrogens (primary N) is 2. The van der Waals surface area contributed by atoms with Crippen LogP contribution in [0.2, 0.25) is 0 Å². The Hall–Kier alpha value is -4.08. The van der Waals surface area contributed by atoms with Gasteiger partial charge in [-0.15, -0.1) is 6.58 Å². The number of urea groups is 1. The summed E-state index contributed by atoms with van der Waals surface area (Å²) < 4.78 is 47.7. The lowest BCUT2D eigenvalue weighted by Gasteiger charge is -2.32. The van der Waals surface area contributed by atoms with E-state index >= 15 is 0 Å².